The molecule has 0 spiro atoms. The van der Waals surface area contributed by atoms with Crippen molar-refractivity contribution in [2.75, 3.05) is 24.7 Å². The maximum absolute atomic E-state index is 10.6. The Morgan fingerprint density at radius 1 is 0.842 bits per heavy atom. The van der Waals surface area contributed by atoms with E-state index in [0.717, 1.165) is 0 Å². The molecule has 0 aliphatic rings. The lowest BCUT2D eigenvalue weighted by atomic mass is 10.7. The molecule has 0 aliphatic carbocycles. The first kappa shape index (κ1) is 20.4. The van der Waals surface area contributed by atoms with Gasteiger partial charge in [-0.25, -0.2) is 0 Å². The van der Waals surface area contributed by atoms with Crippen LogP contribution in [-0.2, 0) is 28.6 Å². The summed E-state index contributed by atoms with van der Waals surface area (Å²) in [5.41, 5.74) is 0. The lowest BCUT2D eigenvalue weighted by Crippen LogP contribution is -2.08. The van der Waals surface area contributed by atoms with Crippen LogP contribution in [0.25, 0.3) is 0 Å². The number of rotatable bonds is 9. The van der Waals surface area contributed by atoms with Crippen LogP contribution in [-0.4, -0.2) is 41.6 Å². The van der Waals surface area contributed by atoms with Crippen LogP contribution in [0.2, 0.25) is 0 Å². The molecule has 0 bridgehead atoms. The molecule has 0 saturated carbocycles. The topological polar surface area (TPSA) is 86.7 Å². The van der Waals surface area contributed by atoms with Gasteiger partial charge in [0.15, 0.2) is 0 Å². The minimum absolute atomic E-state index is 0.0240. The summed E-state index contributed by atoms with van der Waals surface area (Å²) in [4.78, 5) is 0. The predicted molar refractivity (Wildman–Crippen MR) is 75.7 cm³/mol. The predicted octanol–water partition coefficient (Wildman–Crippen LogP) is 1.24. The average Bonchev–Trinajstić information content (AvgIpc) is 2.27. The Morgan fingerprint density at radius 3 is 1.58 bits per heavy atom. The van der Waals surface area contributed by atoms with E-state index in [1.165, 1.54) is 18.2 Å². The first-order valence-electron chi connectivity index (χ1n) is 5.31. The van der Waals surface area contributed by atoms with Gasteiger partial charge in [0.25, 0.3) is 20.2 Å². The van der Waals surface area contributed by atoms with Crippen molar-refractivity contribution < 1.29 is 25.2 Å². The highest BCUT2D eigenvalue weighted by molar-refractivity contribution is 7.87. The fraction of sp³-hybridized carbons (Fsp3) is 0.455. The van der Waals surface area contributed by atoms with Crippen LogP contribution in [0.1, 0.15) is 6.92 Å². The standard InChI is InChI=1S/C6H10O3S.C5H10O3S/c1-3-5-9-10(7,8)6-4-2;1-3-5-9(6,7)8-4-2/h3-4H,1-2,5-6H2;3H,1,4-5H2,2H3. The van der Waals surface area contributed by atoms with E-state index in [9.17, 15) is 16.8 Å². The third-order valence-corrected chi connectivity index (χ3v) is 3.68. The highest BCUT2D eigenvalue weighted by Crippen LogP contribution is 1.92. The Hall–Kier alpha value is -0.960. The van der Waals surface area contributed by atoms with Gasteiger partial charge < -0.3 is 0 Å². The molecule has 8 heteroatoms. The van der Waals surface area contributed by atoms with Crippen LogP contribution >= 0.6 is 0 Å². The van der Waals surface area contributed by atoms with Crippen LogP contribution < -0.4 is 0 Å². The van der Waals surface area contributed by atoms with Gasteiger partial charge in [-0.05, 0) is 6.92 Å². The van der Waals surface area contributed by atoms with Crippen molar-refractivity contribution >= 4 is 20.2 Å². The first-order valence-corrected chi connectivity index (χ1v) is 8.47. The molecule has 0 amide bonds. The first-order chi connectivity index (χ1) is 8.74. The van der Waals surface area contributed by atoms with Gasteiger partial charge in [0.1, 0.15) is 0 Å². The van der Waals surface area contributed by atoms with Crippen LogP contribution in [0.15, 0.2) is 38.0 Å². The van der Waals surface area contributed by atoms with Gasteiger partial charge in [0, 0.05) is 0 Å². The van der Waals surface area contributed by atoms with E-state index in [-0.39, 0.29) is 24.7 Å². The quantitative estimate of drug-likeness (QED) is 0.470. The Kier molecular flexibility index (Phi) is 11.7. The molecule has 0 aliphatic heterocycles. The van der Waals surface area contributed by atoms with E-state index in [1.807, 2.05) is 0 Å². The van der Waals surface area contributed by atoms with Crippen molar-refractivity contribution in [3.05, 3.63) is 38.0 Å². The van der Waals surface area contributed by atoms with Crippen LogP contribution in [0.4, 0.5) is 0 Å². The minimum Gasteiger partial charge on any atom is -0.270 e. The number of hydrogen-bond donors (Lipinski definition) is 0. The van der Waals surface area contributed by atoms with Crippen LogP contribution in [0.5, 0.6) is 0 Å². The monoisotopic (exact) mass is 312 g/mol. The van der Waals surface area contributed by atoms with Gasteiger partial charge in [-0.1, -0.05) is 18.2 Å². The van der Waals surface area contributed by atoms with Crippen LogP contribution in [0.3, 0.4) is 0 Å². The molecule has 0 radical (unpaired) electrons. The Morgan fingerprint density at radius 2 is 1.26 bits per heavy atom. The smallest absolute Gasteiger partial charge is 0.270 e. The molecule has 19 heavy (non-hydrogen) atoms. The van der Waals surface area contributed by atoms with E-state index < -0.39 is 20.2 Å². The fourth-order valence-corrected chi connectivity index (χ4v) is 2.15. The maximum Gasteiger partial charge on any atom is 0.271 e. The van der Waals surface area contributed by atoms with Crippen LogP contribution in [0, 0.1) is 0 Å². The van der Waals surface area contributed by atoms with Gasteiger partial charge in [-0.15, -0.1) is 19.7 Å². The van der Waals surface area contributed by atoms with Gasteiger partial charge in [0.05, 0.1) is 24.7 Å². The molecule has 0 N–H and O–H groups in total. The molecule has 0 fully saturated rings. The van der Waals surface area contributed by atoms with E-state index in [2.05, 4.69) is 28.1 Å². The second kappa shape index (κ2) is 10.9. The van der Waals surface area contributed by atoms with Crippen molar-refractivity contribution in [3.63, 3.8) is 0 Å². The molecule has 0 saturated heterocycles. The molecular weight excluding hydrogens is 292 g/mol. The second-order valence-electron chi connectivity index (χ2n) is 3.01. The molecule has 0 aromatic carbocycles. The summed E-state index contributed by atoms with van der Waals surface area (Å²) in [7, 11) is -6.68. The van der Waals surface area contributed by atoms with Gasteiger partial charge in [0.2, 0.25) is 0 Å². The molecule has 0 atom stereocenters. The molecule has 0 aromatic heterocycles. The fourth-order valence-electron chi connectivity index (χ4n) is 0.716. The molecule has 0 rings (SSSR count). The Bertz CT molecular complexity index is 461. The zero-order valence-electron chi connectivity index (χ0n) is 10.9. The zero-order chi connectivity index (χ0) is 15.4. The molecule has 0 unspecified atom stereocenters. The minimum atomic E-state index is -3.38. The Balaban J connectivity index is 0. The summed E-state index contributed by atoms with van der Waals surface area (Å²) < 4.78 is 51.1. The van der Waals surface area contributed by atoms with E-state index >= 15 is 0 Å². The summed E-state index contributed by atoms with van der Waals surface area (Å²) in [5, 5.41) is 0. The Labute approximate surface area is 115 Å². The van der Waals surface area contributed by atoms with E-state index in [4.69, 9.17) is 0 Å². The lowest BCUT2D eigenvalue weighted by Gasteiger charge is -1.97. The zero-order valence-corrected chi connectivity index (χ0v) is 12.6. The third-order valence-electron chi connectivity index (χ3n) is 1.31. The molecule has 6 nitrogen and oxygen atoms in total. The highest BCUT2D eigenvalue weighted by atomic mass is 32.2. The summed E-state index contributed by atoms with van der Waals surface area (Å²) in [6.45, 7) is 11.7. The summed E-state index contributed by atoms with van der Waals surface area (Å²) in [6.07, 6.45) is 3.95. The normalized spacial score (nSPS) is 11.0. The second-order valence-corrected chi connectivity index (χ2v) is 6.37. The van der Waals surface area contributed by atoms with Gasteiger partial charge in [-0.2, -0.15) is 16.8 Å². The highest BCUT2D eigenvalue weighted by Gasteiger charge is 2.05. The summed E-state index contributed by atoms with van der Waals surface area (Å²) in [6, 6.07) is 0. The molecule has 0 aromatic rings. The number of hydrogen-bond acceptors (Lipinski definition) is 6. The van der Waals surface area contributed by atoms with Crippen molar-refractivity contribution in [2.45, 2.75) is 6.92 Å². The maximum atomic E-state index is 10.6. The van der Waals surface area contributed by atoms with E-state index in [0.29, 0.717) is 0 Å². The van der Waals surface area contributed by atoms with E-state index in [1.54, 1.807) is 6.92 Å². The van der Waals surface area contributed by atoms with Crippen molar-refractivity contribution in [2.24, 2.45) is 0 Å². The van der Waals surface area contributed by atoms with Crippen molar-refractivity contribution in [1.82, 2.24) is 0 Å². The van der Waals surface area contributed by atoms with Crippen molar-refractivity contribution in [1.29, 1.82) is 0 Å². The SMILES string of the molecule is C=CCOS(=O)(=O)CC=C.C=CCS(=O)(=O)OCC. The lowest BCUT2D eigenvalue weighted by molar-refractivity contribution is 0.340. The summed E-state index contributed by atoms with van der Waals surface area (Å²) in [5.74, 6) is -0.262. The van der Waals surface area contributed by atoms with Gasteiger partial charge >= 0.3 is 0 Å². The van der Waals surface area contributed by atoms with Gasteiger partial charge in [-0.3, -0.25) is 8.37 Å². The molecule has 112 valence electrons. The molecule has 0 heterocycles. The summed E-state index contributed by atoms with van der Waals surface area (Å²) >= 11 is 0. The largest absolute Gasteiger partial charge is 0.271 e. The third kappa shape index (κ3) is 15.0. The average molecular weight is 312 g/mol. The molecular formula is C11H20O6S2. The van der Waals surface area contributed by atoms with Crippen molar-refractivity contribution in [3.8, 4) is 0 Å².